The number of nitrogens with one attached hydrogen (secondary N) is 1. The molecule has 1 aromatic carbocycles. The van der Waals surface area contributed by atoms with Crippen LogP contribution in [-0.2, 0) is 6.42 Å². The molecule has 5 heteroatoms. The van der Waals surface area contributed by atoms with Crippen molar-refractivity contribution in [1.29, 1.82) is 0 Å². The number of halogens is 2. The minimum atomic E-state index is -0.445. The number of nitrogens with two attached hydrogens (primary N) is 1. The van der Waals surface area contributed by atoms with E-state index in [0.717, 1.165) is 19.3 Å². The van der Waals surface area contributed by atoms with Gasteiger partial charge in [0.15, 0.2) is 0 Å². The molecule has 0 saturated carbocycles. The lowest BCUT2D eigenvalue weighted by Crippen LogP contribution is -2.16. The average molecular weight is 297 g/mol. The Hall–Kier alpha value is -1.26. The van der Waals surface area contributed by atoms with Crippen LogP contribution in [0.3, 0.4) is 0 Å². The van der Waals surface area contributed by atoms with Crippen LogP contribution in [0, 0.1) is 5.82 Å². The summed E-state index contributed by atoms with van der Waals surface area (Å²) in [6, 6.07) is 5.17. The maximum atomic E-state index is 13.5. The monoisotopic (exact) mass is 296 g/mol. The number of aryl methyl sites for hydroxylation is 1. The van der Waals surface area contributed by atoms with E-state index < -0.39 is 5.82 Å². The normalized spacial score (nSPS) is 18.1. The summed E-state index contributed by atoms with van der Waals surface area (Å²) in [5.74, 6) is -0.445. The minimum absolute atomic E-state index is 0.0583. The molecular formula is C14H14ClFN2S. The molecule has 3 rings (SSSR count). The zero-order valence-electron chi connectivity index (χ0n) is 10.2. The molecule has 2 nitrogen and oxygen atoms in total. The van der Waals surface area contributed by atoms with Crippen LogP contribution in [-0.4, -0.2) is 0 Å². The number of benzene rings is 1. The largest absolute Gasteiger partial charge is 0.397 e. The average Bonchev–Trinajstić information content (AvgIpc) is 2.85. The zero-order valence-corrected chi connectivity index (χ0v) is 11.8. The number of hydrogen-bond donors (Lipinski definition) is 2. The third-order valence-electron chi connectivity index (χ3n) is 3.47. The van der Waals surface area contributed by atoms with Gasteiger partial charge < -0.3 is 11.1 Å². The van der Waals surface area contributed by atoms with Crippen molar-refractivity contribution in [2.24, 2.45) is 0 Å². The first kappa shape index (κ1) is 12.8. The first-order chi connectivity index (χ1) is 9.15. The fourth-order valence-corrected chi connectivity index (χ4v) is 3.67. The molecule has 0 spiro atoms. The lowest BCUT2D eigenvalue weighted by Gasteiger charge is -2.25. The first-order valence-electron chi connectivity index (χ1n) is 6.22. The standard InChI is InChI=1S/C14H14ClFN2S/c15-9-6-11(17)13(7-10(9)16)18-12-2-1-3-14-8(12)4-5-19-14/h4-7,12,18H,1-3,17H2. The molecule has 0 radical (unpaired) electrons. The summed E-state index contributed by atoms with van der Waals surface area (Å²) in [6.07, 6.45) is 3.31. The van der Waals surface area contributed by atoms with Crippen molar-refractivity contribution in [3.05, 3.63) is 44.9 Å². The Bertz CT molecular complexity index is 611. The Labute approximate surface area is 120 Å². The summed E-state index contributed by atoms with van der Waals surface area (Å²) in [4.78, 5) is 1.41. The van der Waals surface area contributed by atoms with Crippen LogP contribution in [0.5, 0.6) is 0 Å². The van der Waals surface area contributed by atoms with Crippen molar-refractivity contribution in [2.75, 3.05) is 11.1 Å². The van der Waals surface area contributed by atoms with Gasteiger partial charge in [0, 0.05) is 10.9 Å². The highest BCUT2D eigenvalue weighted by atomic mass is 35.5. The van der Waals surface area contributed by atoms with Gasteiger partial charge in [-0.15, -0.1) is 11.3 Å². The van der Waals surface area contributed by atoms with Crippen molar-refractivity contribution >= 4 is 34.3 Å². The van der Waals surface area contributed by atoms with E-state index in [4.69, 9.17) is 17.3 Å². The fraction of sp³-hybridized carbons (Fsp3) is 0.286. The molecule has 0 amide bonds. The predicted octanol–water partition coefficient (Wildman–Crippen LogP) is 4.61. The van der Waals surface area contributed by atoms with Gasteiger partial charge in [-0.3, -0.25) is 0 Å². The molecule has 19 heavy (non-hydrogen) atoms. The van der Waals surface area contributed by atoms with Gasteiger partial charge in [0.2, 0.25) is 0 Å². The Morgan fingerprint density at radius 2 is 2.26 bits per heavy atom. The minimum Gasteiger partial charge on any atom is -0.397 e. The number of fused-ring (bicyclic) bond motifs is 1. The van der Waals surface area contributed by atoms with E-state index in [9.17, 15) is 4.39 Å². The van der Waals surface area contributed by atoms with E-state index in [1.54, 1.807) is 11.3 Å². The predicted molar refractivity (Wildman–Crippen MR) is 79.4 cm³/mol. The summed E-state index contributed by atoms with van der Waals surface area (Å²) in [6.45, 7) is 0. The molecule has 100 valence electrons. The van der Waals surface area contributed by atoms with Gasteiger partial charge in [-0.05, 0) is 42.3 Å². The molecule has 2 aromatic rings. The Balaban J connectivity index is 1.89. The van der Waals surface area contributed by atoms with E-state index in [0.29, 0.717) is 11.4 Å². The van der Waals surface area contributed by atoms with Gasteiger partial charge in [-0.1, -0.05) is 11.6 Å². The molecule has 0 saturated heterocycles. The second kappa shape index (κ2) is 5.02. The van der Waals surface area contributed by atoms with Crippen molar-refractivity contribution in [1.82, 2.24) is 0 Å². The van der Waals surface area contributed by atoms with Gasteiger partial charge in [-0.2, -0.15) is 0 Å². The van der Waals surface area contributed by atoms with Crippen LogP contribution in [0.1, 0.15) is 29.3 Å². The van der Waals surface area contributed by atoms with Gasteiger partial charge >= 0.3 is 0 Å². The molecule has 0 aliphatic heterocycles. The smallest absolute Gasteiger partial charge is 0.143 e. The molecule has 0 bridgehead atoms. The van der Waals surface area contributed by atoms with Gasteiger partial charge in [0.1, 0.15) is 5.82 Å². The van der Waals surface area contributed by atoms with E-state index in [1.807, 2.05) is 0 Å². The van der Waals surface area contributed by atoms with Crippen molar-refractivity contribution in [3.63, 3.8) is 0 Å². The lowest BCUT2D eigenvalue weighted by atomic mass is 9.94. The Kier molecular flexibility index (Phi) is 3.37. The number of hydrogen-bond acceptors (Lipinski definition) is 3. The van der Waals surface area contributed by atoms with Crippen LogP contribution >= 0.6 is 22.9 Å². The third kappa shape index (κ3) is 2.42. The van der Waals surface area contributed by atoms with Gasteiger partial charge in [-0.25, -0.2) is 4.39 Å². The lowest BCUT2D eigenvalue weighted by molar-refractivity contribution is 0.605. The molecule has 1 aromatic heterocycles. The summed E-state index contributed by atoms with van der Waals surface area (Å²) in [5, 5.41) is 5.51. The SMILES string of the molecule is Nc1cc(Cl)c(F)cc1NC1CCCc2sccc21. The molecule has 1 heterocycles. The summed E-state index contributed by atoms with van der Waals surface area (Å²) >= 11 is 7.49. The highest BCUT2D eigenvalue weighted by Gasteiger charge is 2.21. The highest BCUT2D eigenvalue weighted by Crippen LogP contribution is 2.37. The van der Waals surface area contributed by atoms with Gasteiger partial charge in [0.05, 0.1) is 22.4 Å². The quantitative estimate of drug-likeness (QED) is 0.794. The summed E-state index contributed by atoms with van der Waals surface area (Å²) in [5.41, 5.74) is 8.30. The molecular weight excluding hydrogens is 283 g/mol. The third-order valence-corrected chi connectivity index (χ3v) is 4.76. The fourth-order valence-electron chi connectivity index (χ4n) is 2.51. The molecule has 1 aliphatic rings. The van der Waals surface area contributed by atoms with Gasteiger partial charge in [0.25, 0.3) is 0 Å². The second-order valence-corrected chi connectivity index (χ2v) is 6.15. The van der Waals surface area contributed by atoms with E-state index in [2.05, 4.69) is 16.8 Å². The number of thiophene rings is 1. The van der Waals surface area contributed by atoms with Crippen LogP contribution < -0.4 is 11.1 Å². The number of nitrogen functional groups attached to an aromatic ring is 1. The zero-order chi connectivity index (χ0) is 13.4. The van der Waals surface area contributed by atoms with Crippen LogP contribution in [0.25, 0.3) is 0 Å². The van der Waals surface area contributed by atoms with Crippen LogP contribution in [0.4, 0.5) is 15.8 Å². The van der Waals surface area contributed by atoms with E-state index in [1.165, 1.54) is 22.6 Å². The molecule has 3 N–H and O–H groups in total. The van der Waals surface area contributed by atoms with Crippen molar-refractivity contribution < 1.29 is 4.39 Å². The molecule has 1 atom stereocenters. The topological polar surface area (TPSA) is 38.0 Å². The maximum Gasteiger partial charge on any atom is 0.143 e. The van der Waals surface area contributed by atoms with Crippen molar-refractivity contribution in [2.45, 2.75) is 25.3 Å². The Morgan fingerprint density at radius 3 is 3.11 bits per heavy atom. The van der Waals surface area contributed by atoms with E-state index in [-0.39, 0.29) is 11.1 Å². The first-order valence-corrected chi connectivity index (χ1v) is 7.48. The summed E-state index contributed by atoms with van der Waals surface area (Å²) in [7, 11) is 0. The molecule has 0 fully saturated rings. The molecule has 1 aliphatic carbocycles. The number of anilines is 2. The second-order valence-electron chi connectivity index (χ2n) is 4.74. The highest BCUT2D eigenvalue weighted by molar-refractivity contribution is 7.10. The van der Waals surface area contributed by atoms with Crippen LogP contribution in [0.15, 0.2) is 23.6 Å². The molecule has 1 unspecified atom stereocenters. The maximum absolute atomic E-state index is 13.5. The summed E-state index contributed by atoms with van der Waals surface area (Å²) < 4.78 is 13.5. The number of rotatable bonds is 2. The Morgan fingerprint density at radius 1 is 1.42 bits per heavy atom. The van der Waals surface area contributed by atoms with Crippen LogP contribution in [0.2, 0.25) is 5.02 Å². The van der Waals surface area contributed by atoms with Crippen molar-refractivity contribution in [3.8, 4) is 0 Å². The van der Waals surface area contributed by atoms with E-state index >= 15 is 0 Å².